The van der Waals surface area contributed by atoms with Crippen LogP contribution in [0.4, 0.5) is 0 Å². The van der Waals surface area contributed by atoms with Gasteiger partial charge in [0.2, 0.25) is 5.75 Å². The Morgan fingerprint density at radius 2 is 1.63 bits per heavy atom. The van der Waals surface area contributed by atoms with Crippen LogP contribution in [-0.2, 0) is 0 Å². The zero-order valence-electron chi connectivity index (χ0n) is 14.9. The molecule has 1 N–H and O–H groups in total. The number of carboxylic acid groups (broad SMARTS) is 1. The first-order chi connectivity index (χ1) is 13.0. The lowest BCUT2D eigenvalue weighted by molar-refractivity contribution is 0.0702. The van der Waals surface area contributed by atoms with E-state index < -0.39 is 5.97 Å². The van der Waals surface area contributed by atoms with Crippen LogP contribution in [0.15, 0.2) is 46.9 Å². The average molecular weight is 449 g/mol. The first-order valence-corrected chi connectivity index (χ1v) is 9.52. The minimum absolute atomic E-state index is 0.258. The minimum Gasteiger partial charge on any atom is -0.493 e. The van der Waals surface area contributed by atoms with Crippen LogP contribution in [0.2, 0.25) is 0 Å². The summed E-state index contributed by atoms with van der Waals surface area (Å²) in [5.74, 6) is 0.543. The highest BCUT2D eigenvalue weighted by atomic mass is 79.9. The Bertz CT molecular complexity index is 971. The molecule has 0 saturated carbocycles. The quantitative estimate of drug-likeness (QED) is 0.533. The van der Waals surface area contributed by atoms with E-state index in [0.29, 0.717) is 17.2 Å². The van der Waals surface area contributed by atoms with Crippen LogP contribution in [0.3, 0.4) is 0 Å². The van der Waals surface area contributed by atoms with E-state index in [1.807, 2.05) is 36.4 Å². The molecular formula is C20H17BrO5S. The van der Waals surface area contributed by atoms with Crippen molar-refractivity contribution >= 4 is 33.2 Å². The topological polar surface area (TPSA) is 65.0 Å². The molecule has 3 rings (SSSR count). The van der Waals surface area contributed by atoms with E-state index >= 15 is 0 Å². The summed E-state index contributed by atoms with van der Waals surface area (Å²) in [6, 6.07) is 13.0. The highest BCUT2D eigenvalue weighted by molar-refractivity contribution is 9.10. The monoisotopic (exact) mass is 448 g/mol. The highest BCUT2D eigenvalue weighted by Crippen LogP contribution is 2.46. The number of carbonyl (C=O) groups is 1. The second-order valence-corrected chi connectivity index (χ2v) is 7.55. The fraction of sp³-hybridized carbons (Fsp3) is 0.150. The predicted octanol–water partition coefficient (Wildman–Crippen LogP) is 5.57. The normalized spacial score (nSPS) is 10.5. The molecule has 0 unspecified atom stereocenters. The molecule has 0 spiro atoms. The molecule has 3 aromatic rings. The predicted molar refractivity (Wildman–Crippen MR) is 110 cm³/mol. The Labute approximate surface area is 169 Å². The van der Waals surface area contributed by atoms with Gasteiger partial charge >= 0.3 is 5.97 Å². The van der Waals surface area contributed by atoms with Gasteiger partial charge in [0.25, 0.3) is 0 Å². The van der Waals surface area contributed by atoms with Crippen LogP contribution in [-0.4, -0.2) is 32.4 Å². The molecule has 1 heterocycles. The number of hydrogen-bond donors (Lipinski definition) is 1. The third-order valence-electron chi connectivity index (χ3n) is 4.01. The van der Waals surface area contributed by atoms with Gasteiger partial charge in [0.15, 0.2) is 11.5 Å². The van der Waals surface area contributed by atoms with Crippen molar-refractivity contribution in [3.05, 3.63) is 51.8 Å². The van der Waals surface area contributed by atoms with Crippen LogP contribution in [0.1, 0.15) is 9.67 Å². The van der Waals surface area contributed by atoms with Gasteiger partial charge in [-0.05, 0) is 41.5 Å². The maximum atomic E-state index is 11.6. The third kappa shape index (κ3) is 3.79. The number of rotatable bonds is 6. The Hall–Kier alpha value is -2.51. The number of halogens is 1. The molecule has 0 amide bonds. The highest BCUT2D eigenvalue weighted by Gasteiger charge is 2.20. The Kier molecular flexibility index (Phi) is 5.72. The number of benzene rings is 2. The van der Waals surface area contributed by atoms with Gasteiger partial charge in [-0.1, -0.05) is 28.1 Å². The molecule has 0 aliphatic rings. The van der Waals surface area contributed by atoms with Gasteiger partial charge in [-0.2, -0.15) is 0 Å². The van der Waals surface area contributed by atoms with Crippen LogP contribution < -0.4 is 14.2 Å². The second-order valence-electron chi connectivity index (χ2n) is 5.58. The van der Waals surface area contributed by atoms with Crippen molar-refractivity contribution < 1.29 is 24.1 Å². The summed E-state index contributed by atoms with van der Waals surface area (Å²) in [7, 11) is 4.64. The molecular weight excluding hydrogens is 432 g/mol. The molecule has 0 radical (unpaired) electrons. The zero-order chi connectivity index (χ0) is 19.6. The Morgan fingerprint density at radius 1 is 0.963 bits per heavy atom. The van der Waals surface area contributed by atoms with Crippen LogP contribution in [0, 0.1) is 0 Å². The van der Waals surface area contributed by atoms with Crippen LogP contribution >= 0.6 is 27.3 Å². The minimum atomic E-state index is -0.963. The van der Waals surface area contributed by atoms with Crippen molar-refractivity contribution in [1.82, 2.24) is 0 Å². The van der Waals surface area contributed by atoms with E-state index in [-0.39, 0.29) is 4.88 Å². The van der Waals surface area contributed by atoms with Crippen molar-refractivity contribution in [3.63, 3.8) is 0 Å². The summed E-state index contributed by atoms with van der Waals surface area (Å²) >= 11 is 4.70. The zero-order valence-corrected chi connectivity index (χ0v) is 17.3. The van der Waals surface area contributed by atoms with E-state index in [1.165, 1.54) is 11.3 Å². The van der Waals surface area contributed by atoms with E-state index in [9.17, 15) is 9.90 Å². The first kappa shape index (κ1) is 19.3. The smallest absolute Gasteiger partial charge is 0.345 e. The van der Waals surface area contributed by atoms with Crippen molar-refractivity contribution in [3.8, 4) is 38.8 Å². The number of thiophene rings is 1. The number of hydrogen-bond acceptors (Lipinski definition) is 5. The van der Waals surface area contributed by atoms with Gasteiger partial charge < -0.3 is 19.3 Å². The molecule has 0 fully saturated rings. The standard InChI is InChI=1S/C20H17BrO5S/c1-24-15-8-12(9-16(25-2)18(15)26-3)14-10-17(20(22)23)27-19(14)11-5-4-6-13(21)7-11/h4-10H,1-3H3,(H,22,23). The largest absolute Gasteiger partial charge is 0.493 e. The summed E-state index contributed by atoms with van der Waals surface area (Å²) in [6.45, 7) is 0. The number of aromatic carboxylic acids is 1. The van der Waals surface area contributed by atoms with E-state index in [2.05, 4.69) is 15.9 Å². The van der Waals surface area contributed by atoms with Crippen molar-refractivity contribution in [2.24, 2.45) is 0 Å². The fourth-order valence-electron chi connectivity index (χ4n) is 2.79. The third-order valence-corrected chi connectivity index (χ3v) is 5.67. The lowest BCUT2D eigenvalue weighted by atomic mass is 10.0. The fourth-order valence-corrected chi connectivity index (χ4v) is 4.21. The van der Waals surface area contributed by atoms with E-state index in [1.54, 1.807) is 27.4 Å². The van der Waals surface area contributed by atoms with Crippen molar-refractivity contribution in [2.45, 2.75) is 0 Å². The van der Waals surface area contributed by atoms with Gasteiger partial charge in [-0.25, -0.2) is 4.79 Å². The molecule has 0 bridgehead atoms. The van der Waals surface area contributed by atoms with Crippen molar-refractivity contribution in [2.75, 3.05) is 21.3 Å². The molecule has 140 valence electrons. The molecule has 0 aliphatic heterocycles. The molecule has 27 heavy (non-hydrogen) atoms. The van der Waals surface area contributed by atoms with Crippen LogP contribution in [0.25, 0.3) is 21.6 Å². The molecule has 2 aromatic carbocycles. The maximum absolute atomic E-state index is 11.6. The maximum Gasteiger partial charge on any atom is 0.345 e. The molecule has 5 nitrogen and oxygen atoms in total. The van der Waals surface area contributed by atoms with Gasteiger partial charge in [0, 0.05) is 14.9 Å². The molecule has 0 aliphatic carbocycles. The van der Waals surface area contributed by atoms with Gasteiger partial charge in [0.05, 0.1) is 21.3 Å². The van der Waals surface area contributed by atoms with E-state index in [0.717, 1.165) is 26.0 Å². The van der Waals surface area contributed by atoms with E-state index in [4.69, 9.17) is 14.2 Å². The van der Waals surface area contributed by atoms with Gasteiger partial charge in [-0.3, -0.25) is 0 Å². The Morgan fingerprint density at radius 3 is 2.15 bits per heavy atom. The summed E-state index contributed by atoms with van der Waals surface area (Å²) < 4.78 is 17.2. The summed E-state index contributed by atoms with van der Waals surface area (Å²) in [5.41, 5.74) is 2.49. The van der Waals surface area contributed by atoms with Crippen LogP contribution in [0.5, 0.6) is 17.2 Å². The van der Waals surface area contributed by atoms with Crippen molar-refractivity contribution in [1.29, 1.82) is 0 Å². The van der Waals surface area contributed by atoms with Gasteiger partial charge in [0.1, 0.15) is 4.88 Å². The molecule has 1 aromatic heterocycles. The Balaban J connectivity index is 2.26. The number of carboxylic acids is 1. The SMILES string of the molecule is COc1cc(-c2cc(C(=O)O)sc2-c2cccc(Br)c2)cc(OC)c1OC. The number of methoxy groups -OCH3 is 3. The lowest BCUT2D eigenvalue weighted by Gasteiger charge is -2.14. The number of ether oxygens (including phenoxy) is 3. The lowest BCUT2D eigenvalue weighted by Crippen LogP contribution is -1.96. The summed E-state index contributed by atoms with van der Waals surface area (Å²) in [6.07, 6.45) is 0. The second kappa shape index (κ2) is 8.02. The molecule has 7 heteroatoms. The molecule has 0 atom stereocenters. The van der Waals surface area contributed by atoms with Gasteiger partial charge in [-0.15, -0.1) is 11.3 Å². The average Bonchev–Trinajstić information content (AvgIpc) is 3.12. The summed E-state index contributed by atoms with van der Waals surface area (Å²) in [4.78, 5) is 12.7. The first-order valence-electron chi connectivity index (χ1n) is 7.92. The molecule has 0 saturated heterocycles. The summed E-state index contributed by atoms with van der Waals surface area (Å²) in [5, 5.41) is 9.49.